The minimum Gasteiger partial charge on any atom is -0.394 e. The molecule has 0 radical (unpaired) electrons. The van der Waals surface area contributed by atoms with Crippen LogP contribution in [0.25, 0.3) is 15.3 Å². The molecule has 0 saturated carbocycles. The molecule has 24 heavy (non-hydrogen) atoms. The van der Waals surface area contributed by atoms with Gasteiger partial charge in [-0.15, -0.1) is 0 Å². The van der Waals surface area contributed by atoms with E-state index in [2.05, 4.69) is 10.3 Å². The van der Waals surface area contributed by atoms with E-state index in [1.807, 2.05) is 55.1 Å². The van der Waals surface area contributed by atoms with Crippen LogP contribution >= 0.6 is 11.3 Å². The Kier molecular flexibility index (Phi) is 4.97. The summed E-state index contributed by atoms with van der Waals surface area (Å²) in [5.74, 6) is 0.0681. The van der Waals surface area contributed by atoms with Crippen LogP contribution in [0.1, 0.15) is 30.6 Å². The first-order valence-corrected chi connectivity index (χ1v) is 8.89. The second-order valence-corrected chi connectivity index (χ2v) is 6.93. The van der Waals surface area contributed by atoms with Crippen molar-refractivity contribution in [3.05, 3.63) is 48.3 Å². The number of aliphatic hydroxyl groups excluding tert-OH is 1. The number of fused-ring (bicyclic) bond motifs is 1. The van der Waals surface area contributed by atoms with Crippen molar-refractivity contribution < 1.29 is 9.90 Å². The Labute approximate surface area is 145 Å². The molecular formula is C18H21N3O2S. The number of nitrogens with zero attached hydrogens (tertiary/aromatic N) is 2. The molecule has 0 unspecified atom stereocenters. The Morgan fingerprint density at radius 3 is 2.79 bits per heavy atom. The maximum Gasteiger partial charge on any atom is 0.251 e. The lowest BCUT2D eigenvalue weighted by molar-refractivity contribution is 0.0891. The number of carbonyl (C=O) groups is 1. The molecule has 0 bridgehead atoms. The molecule has 2 N–H and O–H groups in total. The van der Waals surface area contributed by atoms with Gasteiger partial charge in [-0.25, -0.2) is 4.98 Å². The predicted octanol–water partition coefficient (Wildman–Crippen LogP) is 3.22. The summed E-state index contributed by atoms with van der Waals surface area (Å²) in [6.45, 7) is 4.02. The quantitative estimate of drug-likeness (QED) is 0.722. The molecule has 0 aliphatic carbocycles. The zero-order chi connectivity index (χ0) is 17.1. The molecule has 0 aliphatic rings. The summed E-state index contributed by atoms with van der Waals surface area (Å²) in [5.41, 5.74) is 1.47. The number of benzene rings is 1. The molecule has 3 aromatic rings. The van der Waals surface area contributed by atoms with Gasteiger partial charge in [-0.05, 0) is 36.2 Å². The minimum absolute atomic E-state index is 0.0542. The topological polar surface area (TPSA) is 67.2 Å². The van der Waals surface area contributed by atoms with E-state index in [9.17, 15) is 9.90 Å². The molecule has 0 spiro atoms. The summed E-state index contributed by atoms with van der Waals surface area (Å²) < 4.78 is 2.92. The van der Waals surface area contributed by atoms with E-state index >= 15 is 0 Å². The molecule has 126 valence electrons. The van der Waals surface area contributed by atoms with E-state index in [-0.39, 0.29) is 24.5 Å². The van der Waals surface area contributed by atoms with Gasteiger partial charge >= 0.3 is 0 Å². The fourth-order valence-electron chi connectivity index (χ4n) is 2.53. The normalized spacial score (nSPS) is 13.8. The number of amides is 1. The average Bonchev–Trinajstić information content (AvgIpc) is 3.26. The summed E-state index contributed by atoms with van der Waals surface area (Å²) in [6.07, 6.45) is 4.80. The molecule has 6 heteroatoms. The van der Waals surface area contributed by atoms with Gasteiger partial charge in [-0.2, -0.15) is 0 Å². The van der Waals surface area contributed by atoms with Gasteiger partial charge in [0, 0.05) is 18.0 Å². The van der Waals surface area contributed by atoms with Crippen LogP contribution in [0.3, 0.4) is 0 Å². The number of nitrogens with one attached hydrogen (secondary N) is 1. The molecule has 1 aromatic carbocycles. The highest BCUT2D eigenvalue weighted by molar-refractivity contribution is 7.20. The lowest BCUT2D eigenvalue weighted by Gasteiger charge is -2.22. The van der Waals surface area contributed by atoms with Crippen molar-refractivity contribution in [2.24, 2.45) is 5.92 Å². The highest BCUT2D eigenvalue weighted by Crippen LogP contribution is 2.26. The summed E-state index contributed by atoms with van der Waals surface area (Å²) in [6, 6.07) is 9.19. The largest absolute Gasteiger partial charge is 0.394 e. The van der Waals surface area contributed by atoms with E-state index in [0.29, 0.717) is 5.56 Å². The highest BCUT2D eigenvalue weighted by Gasteiger charge is 2.18. The summed E-state index contributed by atoms with van der Waals surface area (Å²) >= 11 is 1.54. The van der Waals surface area contributed by atoms with Gasteiger partial charge in [-0.1, -0.05) is 31.6 Å². The lowest BCUT2D eigenvalue weighted by Crippen LogP contribution is -2.41. The Balaban J connectivity index is 1.83. The predicted molar refractivity (Wildman–Crippen MR) is 96.7 cm³/mol. The first-order chi connectivity index (χ1) is 11.6. The van der Waals surface area contributed by atoms with Gasteiger partial charge in [0.15, 0.2) is 5.13 Å². The summed E-state index contributed by atoms with van der Waals surface area (Å²) in [5, 5.41) is 13.3. The van der Waals surface area contributed by atoms with Crippen molar-refractivity contribution in [2.45, 2.75) is 26.3 Å². The molecule has 2 aromatic heterocycles. The van der Waals surface area contributed by atoms with Crippen molar-refractivity contribution in [2.75, 3.05) is 6.61 Å². The number of hydrogen-bond donors (Lipinski definition) is 2. The fraction of sp³-hybridized carbons (Fsp3) is 0.333. The van der Waals surface area contributed by atoms with Gasteiger partial charge in [0.1, 0.15) is 0 Å². The standard InChI is InChI=1S/C18H21N3O2S/c1-3-12(2)15(11-22)19-17(23)13-6-7-14-16(10-13)24-18(20-14)21-8-4-5-9-21/h4-10,12,15,22H,3,11H2,1-2H3,(H,19,23)/t12-,15-/m0/s1. The van der Waals surface area contributed by atoms with E-state index in [1.54, 1.807) is 17.4 Å². The van der Waals surface area contributed by atoms with Gasteiger partial charge in [0.25, 0.3) is 5.91 Å². The fourth-order valence-corrected chi connectivity index (χ4v) is 3.50. The Morgan fingerprint density at radius 2 is 2.12 bits per heavy atom. The first-order valence-electron chi connectivity index (χ1n) is 8.08. The van der Waals surface area contributed by atoms with Gasteiger partial charge < -0.3 is 15.0 Å². The summed E-state index contributed by atoms with van der Waals surface area (Å²) in [4.78, 5) is 17.1. The molecule has 0 fully saturated rings. The number of aromatic nitrogens is 2. The van der Waals surface area contributed by atoms with Crippen LogP contribution in [-0.4, -0.2) is 33.2 Å². The third-order valence-electron chi connectivity index (χ3n) is 4.31. The lowest BCUT2D eigenvalue weighted by atomic mass is 9.99. The molecule has 0 aliphatic heterocycles. The van der Waals surface area contributed by atoms with E-state index in [0.717, 1.165) is 21.8 Å². The number of rotatable bonds is 6. The third-order valence-corrected chi connectivity index (χ3v) is 5.34. The van der Waals surface area contributed by atoms with E-state index in [4.69, 9.17) is 0 Å². The molecule has 2 atom stereocenters. The van der Waals surface area contributed by atoms with E-state index < -0.39 is 0 Å². The van der Waals surface area contributed by atoms with Crippen LogP contribution in [0.15, 0.2) is 42.7 Å². The first kappa shape index (κ1) is 16.7. The highest BCUT2D eigenvalue weighted by atomic mass is 32.1. The molecule has 3 rings (SSSR count). The maximum absolute atomic E-state index is 12.5. The van der Waals surface area contributed by atoms with Crippen LogP contribution in [0.4, 0.5) is 0 Å². The average molecular weight is 343 g/mol. The minimum atomic E-state index is -0.227. The Hall–Kier alpha value is -2.18. The van der Waals surface area contributed by atoms with Gasteiger partial charge in [-0.3, -0.25) is 4.79 Å². The number of hydrogen-bond acceptors (Lipinski definition) is 4. The second-order valence-electron chi connectivity index (χ2n) is 5.92. The van der Waals surface area contributed by atoms with Crippen LogP contribution in [-0.2, 0) is 0 Å². The molecule has 2 heterocycles. The van der Waals surface area contributed by atoms with Gasteiger partial charge in [0.05, 0.1) is 22.9 Å². The zero-order valence-electron chi connectivity index (χ0n) is 13.8. The number of aliphatic hydroxyl groups is 1. The van der Waals surface area contributed by atoms with Gasteiger partial charge in [0.2, 0.25) is 0 Å². The Bertz CT molecular complexity index is 826. The van der Waals surface area contributed by atoms with Crippen molar-refractivity contribution in [3.8, 4) is 5.13 Å². The van der Waals surface area contributed by atoms with E-state index in [1.165, 1.54) is 0 Å². The third kappa shape index (κ3) is 3.34. The maximum atomic E-state index is 12.5. The van der Waals surface area contributed by atoms with Crippen molar-refractivity contribution in [1.82, 2.24) is 14.9 Å². The monoisotopic (exact) mass is 343 g/mol. The SMILES string of the molecule is CC[C@H](C)[C@H](CO)NC(=O)c1ccc2nc(-n3cccc3)sc2c1. The molecular weight excluding hydrogens is 322 g/mol. The zero-order valence-corrected chi connectivity index (χ0v) is 14.6. The van der Waals surface area contributed by atoms with Crippen molar-refractivity contribution in [3.63, 3.8) is 0 Å². The molecule has 1 amide bonds. The van der Waals surface area contributed by atoms with Crippen molar-refractivity contribution >= 4 is 27.5 Å². The second kappa shape index (κ2) is 7.15. The Morgan fingerprint density at radius 1 is 1.38 bits per heavy atom. The number of carbonyl (C=O) groups excluding carboxylic acids is 1. The van der Waals surface area contributed by atoms with Crippen molar-refractivity contribution in [1.29, 1.82) is 0 Å². The van der Waals surface area contributed by atoms with Crippen LogP contribution in [0, 0.1) is 5.92 Å². The summed E-state index contributed by atoms with van der Waals surface area (Å²) in [7, 11) is 0. The molecule has 5 nitrogen and oxygen atoms in total. The van der Waals surface area contributed by atoms with Crippen LogP contribution in [0.5, 0.6) is 0 Å². The molecule has 0 saturated heterocycles. The smallest absolute Gasteiger partial charge is 0.251 e. The van der Waals surface area contributed by atoms with Crippen LogP contribution in [0.2, 0.25) is 0 Å². The number of thiazole rings is 1. The van der Waals surface area contributed by atoms with Crippen LogP contribution < -0.4 is 5.32 Å².